The van der Waals surface area contributed by atoms with E-state index in [4.69, 9.17) is 9.84 Å². The number of aryl methyl sites for hydroxylation is 2. The summed E-state index contributed by atoms with van der Waals surface area (Å²) in [6.07, 6.45) is 1.23. The number of carbonyl (C=O) groups excluding carboxylic acids is 1. The van der Waals surface area contributed by atoms with Gasteiger partial charge < -0.3 is 15.2 Å². The van der Waals surface area contributed by atoms with Crippen LogP contribution >= 0.6 is 0 Å². The Kier molecular flexibility index (Phi) is 8.17. The number of hydrogen-bond acceptors (Lipinski definition) is 3. The number of ether oxygens (including phenoxy) is 1. The van der Waals surface area contributed by atoms with E-state index in [9.17, 15) is 22.8 Å². The molecule has 5 nitrogen and oxygen atoms in total. The highest BCUT2D eigenvalue weighted by Gasteiger charge is 2.26. The van der Waals surface area contributed by atoms with Gasteiger partial charge in [-0.3, -0.25) is 9.59 Å². The Morgan fingerprint density at radius 1 is 1.00 bits per heavy atom. The molecule has 3 aromatic rings. The summed E-state index contributed by atoms with van der Waals surface area (Å²) >= 11 is 0. The summed E-state index contributed by atoms with van der Waals surface area (Å²) < 4.78 is 46.8. The number of carboxylic acid groups (broad SMARTS) is 1. The molecule has 0 saturated carbocycles. The van der Waals surface area contributed by atoms with E-state index >= 15 is 0 Å². The first-order valence-electron chi connectivity index (χ1n) is 11.1. The molecule has 2 N–H and O–H groups in total. The molecule has 35 heavy (non-hydrogen) atoms. The van der Waals surface area contributed by atoms with Crippen molar-refractivity contribution >= 4 is 11.9 Å². The number of carbonyl (C=O) groups is 2. The van der Waals surface area contributed by atoms with Crippen molar-refractivity contribution in [2.24, 2.45) is 0 Å². The predicted molar refractivity (Wildman–Crippen MR) is 125 cm³/mol. The van der Waals surface area contributed by atoms with Gasteiger partial charge in [-0.05, 0) is 65.9 Å². The standard InChI is InChI=1S/C27H26F3NO4/c1-3-18-14-22(10-7-19(18)8-12-25(32)33)35-21-6-4-5-17(13-21)16-31-26(34)23-11-9-20(15-24(23)28)27(2,29)30/h4-7,9-11,13-15H,3,8,12,16H2,1-2H3,(H,31,34)(H,32,33). The highest BCUT2D eigenvalue weighted by molar-refractivity contribution is 5.94. The summed E-state index contributed by atoms with van der Waals surface area (Å²) in [7, 11) is 0. The second-order valence-corrected chi connectivity index (χ2v) is 8.19. The third kappa shape index (κ3) is 7.09. The maximum atomic E-state index is 14.2. The highest BCUT2D eigenvalue weighted by Crippen LogP contribution is 2.28. The fourth-order valence-electron chi connectivity index (χ4n) is 3.59. The van der Waals surface area contributed by atoms with Crippen LogP contribution in [-0.2, 0) is 30.1 Å². The third-order valence-corrected chi connectivity index (χ3v) is 5.47. The van der Waals surface area contributed by atoms with Gasteiger partial charge in [0.25, 0.3) is 11.8 Å². The van der Waals surface area contributed by atoms with Gasteiger partial charge in [-0.2, -0.15) is 0 Å². The number of amides is 1. The lowest BCUT2D eigenvalue weighted by atomic mass is 10.0. The fourth-order valence-corrected chi connectivity index (χ4v) is 3.59. The summed E-state index contributed by atoms with van der Waals surface area (Å²) in [6, 6.07) is 15.2. The smallest absolute Gasteiger partial charge is 0.303 e. The van der Waals surface area contributed by atoms with Crippen molar-refractivity contribution in [1.29, 1.82) is 0 Å². The Bertz CT molecular complexity index is 1220. The van der Waals surface area contributed by atoms with Crippen LogP contribution in [0.3, 0.4) is 0 Å². The van der Waals surface area contributed by atoms with Crippen LogP contribution in [0.25, 0.3) is 0 Å². The Balaban J connectivity index is 1.65. The molecule has 8 heteroatoms. The van der Waals surface area contributed by atoms with Crippen LogP contribution < -0.4 is 10.1 Å². The second-order valence-electron chi connectivity index (χ2n) is 8.19. The molecule has 0 bridgehead atoms. The van der Waals surface area contributed by atoms with Crippen LogP contribution in [0, 0.1) is 5.82 Å². The molecule has 0 fully saturated rings. The predicted octanol–water partition coefficient (Wildman–Crippen LogP) is 6.24. The highest BCUT2D eigenvalue weighted by atomic mass is 19.3. The molecule has 0 radical (unpaired) electrons. The van der Waals surface area contributed by atoms with Crippen molar-refractivity contribution in [1.82, 2.24) is 5.32 Å². The van der Waals surface area contributed by atoms with E-state index in [0.717, 1.165) is 29.7 Å². The van der Waals surface area contributed by atoms with Crippen molar-refractivity contribution in [3.8, 4) is 11.5 Å². The fraction of sp³-hybridized carbons (Fsp3) is 0.259. The van der Waals surface area contributed by atoms with Gasteiger partial charge in [0, 0.05) is 25.5 Å². The molecule has 0 aliphatic carbocycles. The van der Waals surface area contributed by atoms with Gasteiger partial charge in [0.15, 0.2) is 0 Å². The van der Waals surface area contributed by atoms with E-state index in [-0.39, 0.29) is 18.5 Å². The van der Waals surface area contributed by atoms with Crippen molar-refractivity contribution in [3.05, 3.63) is 94.3 Å². The average molecular weight is 486 g/mol. The number of halogens is 3. The summed E-state index contributed by atoms with van der Waals surface area (Å²) in [5.74, 6) is -4.66. The number of hydrogen-bond donors (Lipinski definition) is 2. The quantitative estimate of drug-likeness (QED) is 0.357. The van der Waals surface area contributed by atoms with Crippen LogP contribution in [0.2, 0.25) is 0 Å². The summed E-state index contributed by atoms with van der Waals surface area (Å²) in [5, 5.41) is 11.5. The van der Waals surface area contributed by atoms with E-state index < -0.39 is 29.2 Å². The van der Waals surface area contributed by atoms with Crippen LogP contribution in [-0.4, -0.2) is 17.0 Å². The van der Waals surface area contributed by atoms with Gasteiger partial charge in [0.1, 0.15) is 17.3 Å². The Hall–Kier alpha value is -3.81. The van der Waals surface area contributed by atoms with Gasteiger partial charge >= 0.3 is 5.97 Å². The largest absolute Gasteiger partial charge is 0.481 e. The minimum Gasteiger partial charge on any atom is -0.481 e. The minimum atomic E-state index is -3.20. The summed E-state index contributed by atoms with van der Waals surface area (Å²) in [6.45, 7) is 2.72. The molecule has 0 aromatic heterocycles. The number of rotatable bonds is 10. The Labute approximate surface area is 201 Å². The molecule has 0 saturated heterocycles. The van der Waals surface area contributed by atoms with Gasteiger partial charge in [0.05, 0.1) is 5.56 Å². The number of alkyl halides is 2. The Morgan fingerprint density at radius 3 is 2.40 bits per heavy atom. The molecule has 0 aliphatic heterocycles. The van der Waals surface area contributed by atoms with Crippen molar-refractivity contribution in [2.45, 2.75) is 45.6 Å². The number of nitrogens with one attached hydrogen (secondary N) is 1. The zero-order valence-corrected chi connectivity index (χ0v) is 19.4. The summed E-state index contributed by atoms with van der Waals surface area (Å²) in [5.41, 5.74) is 1.84. The van der Waals surface area contributed by atoms with E-state index in [1.807, 2.05) is 19.1 Å². The molecule has 0 atom stereocenters. The number of aliphatic carboxylic acids is 1. The first kappa shape index (κ1) is 25.8. The maximum absolute atomic E-state index is 14.2. The van der Waals surface area contributed by atoms with Crippen LogP contribution in [0.1, 0.15) is 52.9 Å². The number of benzene rings is 3. The minimum absolute atomic E-state index is 0.0557. The lowest BCUT2D eigenvalue weighted by Gasteiger charge is -2.13. The SMILES string of the molecule is CCc1cc(Oc2cccc(CNC(=O)c3ccc(C(C)(F)F)cc3F)c2)ccc1CCC(=O)O. The lowest BCUT2D eigenvalue weighted by Crippen LogP contribution is -2.24. The zero-order chi connectivity index (χ0) is 25.6. The molecule has 1 amide bonds. The van der Waals surface area contributed by atoms with Crippen molar-refractivity contribution in [3.63, 3.8) is 0 Å². The topological polar surface area (TPSA) is 75.6 Å². The monoisotopic (exact) mass is 485 g/mol. The Morgan fingerprint density at radius 2 is 1.74 bits per heavy atom. The van der Waals surface area contributed by atoms with Gasteiger partial charge in [-0.25, -0.2) is 13.2 Å². The van der Waals surface area contributed by atoms with E-state index in [1.165, 1.54) is 0 Å². The van der Waals surface area contributed by atoms with Crippen LogP contribution in [0.4, 0.5) is 13.2 Å². The number of carboxylic acids is 1. The molecule has 0 unspecified atom stereocenters. The lowest BCUT2D eigenvalue weighted by molar-refractivity contribution is -0.136. The van der Waals surface area contributed by atoms with Crippen LogP contribution in [0.15, 0.2) is 60.7 Å². The van der Waals surface area contributed by atoms with Crippen LogP contribution in [0.5, 0.6) is 11.5 Å². The second kappa shape index (κ2) is 11.1. The zero-order valence-electron chi connectivity index (χ0n) is 19.4. The molecule has 3 aromatic carbocycles. The molecule has 0 heterocycles. The maximum Gasteiger partial charge on any atom is 0.303 e. The average Bonchev–Trinajstić information content (AvgIpc) is 2.81. The molecular weight excluding hydrogens is 459 g/mol. The first-order valence-corrected chi connectivity index (χ1v) is 11.1. The van der Waals surface area contributed by atoms with Gasteiger partial charge in [0.2, 0.25) is 0 Å². The summed E-state index contributed by atoms with van der Waals surface area (Å²) in [4.78, 5) is 23.2. The first-order chi connectivity index (χ1) is 16.6. The normalized spacial score (nSPS) is 11.2. The van der Waals surface area contributed by atoms with Crippen molar-refractivity contribution < 1.29 is 32.6 Å². The van der Waals surface area contributed by atoms with Gasteiger partial charge in [-0.15, -0.1) is 0 Å². The molecular formula is C27H26F3NO4. The van der Waals surface area contributed by atoms with E-state index in [0.29, 0.717) is 36.5 Å². The molecule has 184 valence electrons. The molecule has 0 spiro atoms. The van der Waals surface area contributed by atoms with E-state index in [2.05, 4.69) is 5.32 Å². The molecule has 0 aliphatic rings. The third-order valence-electron chi connectivity index (χ3n) is 5.47. The van der Waals surface area contributed by atoms with Crippen molar-refractivity contribution in [2.75, 3.05) is 0 Å². The van der Waals surface area contributed by atoms with Gasteiger partial charge in [-0.1, -0.05) is 31.2 Å². The molecule has 3 rings (SSSR count). The van der Waals surface area contributed by atoms with E-state index in [1.54, 1.807) is 30.3 Å².